The van der Waals surface area contributed by atoms with Gasteiger partial charge in [-0.2, -0.15) is 0 Å². The Morgan fingerprint density at radius 2 is 1.58 bits per heavy atom. The molecule has 5 heteroatoms. The number of carbonyl (C=O) groups is 2. The minimum Gasteiger partial charge on any atom is -0.464 e. The number of ether oxygens (including phenoxy) is 1. The minimum absolute atomic E-state index is 0.187. The lowest BCUT2D eigenvalue weighted by Gasteiger charge is -2.06. The Morgan fingerprint density at radius 3 is 2.23 bits per heavy atom. The molecule has 0 bridgehead atoms. The van der Waals surface area contributed by atoms with Gasteiger partial charge in [-0.3, -0.25) is 14.6 Å². The fraction of sp³-hybridized carbons (Fsp3) is 0.654. The summed E-state index contributed by atoms with van der Waals surface area (Å²) in [5, 5.41) is 2.71. The van der Waals surface area contributed by atoms with E-state index in [0.29, 0.717) is 18.5 Å². The number of rotatable bonds is 19. The van der Waals surface area contributed by atoms with Crippen molar-refractivity contribution in [2.75, 3.05) is 13.2 Å². The topological polar surface area (TPSA) is 68.3 Å². The number of amides is 1. The maximum absolute atomic E-state index is 11.8. The zero-order valence-corrected chi connectivity index (χ0v) is 19.4. The molecule has 1 amide bonds. The second-order valence-corrected chi connectivity index (χ2v) is 8.05. The van der Waals surface area contributed by atoms with Crippen molar-refractivity contribution in [3.8, 4) is 0 Å². The van der Waals surface area contributed by atoms with Gasteiger partial charge in [0.2, 0.25) is 0 Å². The average Bonchev–Trinajstić information content (AvgIpc) is 2.79. The molecule has 0 saturated carbocycles. The summed E-state index contributed by atoms with van der Waals surface area (Å²) in [7, 11) is 0. The van der Waals surface area contributed by atoms with Gasteiger partial charge in [0.15, 0.2) is 0 Å². The highest BCUT2D eigenvalue weighted by molar-refractivity contribution is 5.93. The standard InChI is InChI=1S/C26H42N2O3/c1-2-3-4-5-6-7-8-9-10-11-12-13-14-15-16-19-25(29)31-22-21-28-26(30)24-18-17-20-27-23-24/h9-10,17-18,20,23H,2-8,11-16,19,21-22H2,1H3,(H,28,30)/b10-9-. The van der Waals surface area contributed by atoms with Crippen LogP contribution in [0, 0.1) is 0 Å². The van der Waals surface area contributed by atoms with E-state index in [-0.39, 0.29) is 18.5 Å². The average molecular weight is 431 g/mol. The predicted molar refractivity (Wildman–Crippen MR) is 127 cm³/mol. The first kappa shape index (κ1) is 26.9. The van der Waals surface area contributed by atoms with Gasteiger partial charge in [0.05, 0.1) is 12.1 Å². The third-order valence-corrected chi connectivity index (χ3v) is 5.22. The Kier molecular flexibility index (Phi) is 17.1. The van der Waals surface area contributed by atoms with Crippen molar-refractivity contribution in [1.82, 2.24) is 10.3 Å². The van der Waals surface area contributed by atoms with E-state index >= 15 is 0 Å². The monoisotopic (exact) mass is 430 g/mol. The van der Waals surface area contributed by atoms with Gasteiger partial charge in [-0.25, -0.2) is 0 Å². The van der Waals surface area contributed by atoms with Gasteiger partial charge in [0.1, 0.15) is 6.61 Å². The molecule has 0 aliphatic heterocycles. The molecule has 5 nitrogen and oxygen atoms in total. The van der Waals surface area contributed by atoms with E-state index in [9.17, 15) is 9.59 Å². The molecule has 0 spiro atoms. The Hall–Kier alpha value is -2.17. The Labute approximate surface area is 189 Å². The number of nitrogens with zero attached hydrogens (tertiary/aromatic N) is 1. The Bertz CT molecular complexity index is 602. The van der Waals surface area contributed by atoms with Crippen LogP contribution in [0.3, 0.4) is 0 Å². The molecular weight excluding hydrogens is 388 g/mol. The zero-order chi connectivity index (χ0) is 22.4. The SMILES string of the molecule is CCCCCCCC/C=C\CCCCCCCC(=O)OCCNC(=O)c1cccnc1. The van der Waals surface area contributed by atoms with Crippen molar-refractivity contribution in [3.05, 3.63) is 42.2 Å². The minimum atomic E-state index is -0.207. The van der Waals surface area contributed by atoms with E-state index in [0.717, 1.165) is 12.8 Å². The molecule has 1 aromatic heterocycles. The van der Waals surface area contributed by atoms with E-state index in [1.165, 1.54) is 76.8 Å². The molecule has 31 heavy (non-hydrogen) atoms. The third kappa shape index (κ3) is 16.2. The van der Waals surface area contributed by atoms with Crippen molar-refractivity contribution in [3.63, 3.8) is 0 Å². The predicted octanol–water partition coefficient (Wildman–Crippen LogP) is 6.39. The summed E-state index contributed by atoms with van der Waals surface area (Å²) in [5.74, 6) is -0.394. The molecular formula is C26H42N2O3. The lowest BCUT2D eigenvalue weighted by Crippen LogP contribution is -2.28. The van der Waals surface area contributed by atoms with Gasteiger partial charge in [-0.15, -0.1) is 0 Å². The molecule has 0 fully saturated rings. The summed E-state index contributed by atoms with van der Waals surface area (Å²) in [6.45, 7) is 2.77. The molecule has 174 valence electrons. The van der Waals surface area contributed by atoms with E-state index < -0.39 is 0 Å². The van der Waals surface area contributed by atoms with E-state index in [2.05, 4.69) is 29.4 Å². The van der Waals surface area contributed by atoms with Crippen LogP contribution in [-0.4, -0.2) is 30.0 Å². The van der Waals surface area contributed by atoms with E-state index in [4.69, 9.17) is 4.74 Å². The number of hydrogen-bond donors (Lipinski definition) is 1. The van der Waals surface area contributed by atoms with Gasteiger partial charge in [0, 0.05) is 18.8 Å². The van der Waals surface area contributed by atoms with Crippen LogP contribution in [0.5, 0.6) is 0 Å². The Balaban J connectivity index is 1.84. The number of nitrogens with one attached hydrogen (secondary N) is 1. The van der Waals surface area contributed by atoms with Crippen LogP contribution in [-0.2, 0) is 9.53 Å². The number of carbonyl (C=O) groups excluding carboxylic acids is 2. The van der Waals surface area contributed by atoms with Gasteiger partial charge >= 0.3 is 5.97 Å². The van der Waals surface area contributed by atoms with Crippen molar-refractivity contribution in [2.24, 2.45) is 0 Å². The highest BCUT2D eigenvalue weighted by Gasteiger charge is 2.06. The highest BCUT2D eigenvalue weighted by atomic mass is 16.5. The fourth-order valence-corrected chi connectivity index (χ4v) is 3.34. The first-order valence-corrected chi connectivity index (χ1v) is 12.2. The van der Waals surface area contributed by atoms with Crippen LogP contribution in [0.2, 0.25) is 0 Å². The smallest absolute Gasteiger partial charge is 0.305 e. The molecule has 1 heterocycles. The molecule has 1 aromatic rings. The number of pyridine rings is 1. The number of allylic oxidation sites excluding steroid dienone is 2. The van der Waals surface area contributed by atoms with Crippen molar-refractivity contribution >= 4 is 11.9 Å². The lowest BCUT2D eigenvalue weighted by atomic mass is 10.1. The van der Waals surface area contributed by atoms with Gasteiger partial charge in [-0.05, 0) is 44.2 Å². The molecule has 0 atom stereocenters. The molecule has 0 saturated heterocycles. The third-order valence-electron chi connectivity index (χ3n) is 5.22. The van der Waals surface area contributed by atoms with Crippen LogP contribution in [0.1, 0.15) is 107 Å². The maximum Gasteiger partial charge on any atom is 0.305 e. The zero-order valence-electron chi connectivity index (χ0n) is 19.4. The summed E-state index contributed by atoms with van der Waals surface area (Å²) in [4.78, 5) is 27.5. The molecule has 1 N–H and O–H groups in total. The lowest BCUT2D eigenvalue weighted by molar-refractivity contribution is -0.143. The molecule has 0 aliphatic carbocycles. The number of esters is 1. The largest absolute Gasteiger partial charge is 0.464 e. The summed E-state index contributed by atoms with van der Waals surface area (Å²) >= 11 is 0. The second kappa shape index (κ2) is 19.8. The van der Waals surface area contributed by atoms with Crippen LogP contribution in [0.15, 0.2) is 36.7 Å². The summed E-state index contributed by atoms with van der Waals surface area (Å²) in [5.41, 5.74) is 0.502. The van der Waals surface area contributed by atoms with E-state index in [1.54, 1.807) is 18.3 Å². The van der Waals surface area contributed by atoms with Crippen LogP contribution < -0.4 is 5.32 Å². The Morgan fingerprint density at radius 1 is 0.935 bits per heavy atom. The van der Waals surface area contributed by atoms with Crippen LogP contribution in [0.25, 0.3) is 0 Å². The summed E-state index contributed by atoms with van der Waals surface area (Å²) in [6, 6.07) is 3.41. The van der Waals surface area contributed by atoms with Crippen LogP contribution in [0.4, 0.5) is 0 Å². The number of hydrogen-bond acceptors (Lipinski definition) is 4. The quantitative estimate of drug-likeness (QED) is 0.157. The molecule has 0 aliphatic rings. The van der Waals surface area contributed by atoms with Gasteiger partial charge < -0.3 is 10.1 Å². The van der Waals surface area contributed by atoms with Gasteiger partial charge in [-0.1, -0.05) is 70.4 Å². The summed E-state index contributed by atoms with van der Waals surface area (Å²) in [6.07, 6.45) is 24.4. The van der Waals surface area contributed by atoms with Crippen molar-refractivity contribution < 1.29 is 14.3 Å². The number of unbranched alkanes of at least 4 members (excludes halogenated alkanes) is 11. The van der Waals surface area contributed by atoms with E-state index in [1.807, 2.05) is 0 Å². The van der Waals surface area contributed by atoms with Crippen LogP contribution >= 0.6 is 0 Å². The summed E-state index contributed by atoms with van der Waals surface area (Å²) < 4.78 is 5.17. The van der Waals surface area contributed by atoms with Crippen molar-refractivity contribution in [2.45, 2.75) is 96.8 Å². The molecule has 0 aromatic carbocycles. The van der Waals surface area contributed by atoms with Gasteiger partial charge in [0.25, 0.3) is 5.91 Å². The molecule has 1 rings (SSSR count). The second-order valence-electron chi connectivity index (χ2n) is 8.05. The highest BCUT2D eigenvalue weighted by Crippen LogP contribution is 2.10. The first-order chi connectivity index (χ1) is 15.2. The maximum atomic E-state index is 11.8. The van der Waals surface area contributed by atoms with Crippen molar-refractivity contribution in [1.29, 1.82) is 0 Å². The first-order valence-electron chi connectivity index (χ1n) is 12.2. The normalized spacial score (nSPS) is 11.0. The number of aromatic nitrogens is 1. The molecule has 0 radical (unpaired) electrons. The molecule has 0 unspecified atom stereocenters. The fourth-order valence-electron chi connectivity index (χ4n) is 3.34.